The topological polar surface area (TPSA) is 64.3 Å². The molecule has 0 aliphatic rings. The highest BCUT2D eigenvalue weighted by molar-refractivity contribution is 6.01. The van der Waals surface area contributed by atoms with E-state index in [1.54, 1.807) is 42.5 Å². The maximum Gasteiger partial charge on any atom is 0.342 e. The summed E-state index contributed by atoms with van der Waals surface area (Å²) in [5.41, 5.74) is 0.609. The van der Waals surface area contributed by atoms with Gasteiger partial charge in [0.1, 0.15) is 17.9 Å². The lowest BCUT2D eigenvalue weighted by Gasteiger charge is -2.10. The van der Waals surface area contributed by atoms with Crippen LogP contribution < -0.4 is 0 Å². The largest absolute Gasteiger partial charge is 0.506 e. The fourth-order valence-corrected chi connectivity index (χ4v) is 3.04. The van der Waals surface area contributed by atoms with Gasteiger partial charge in [-0.15, -0.1) is 0 Å². The lowest BCUT2D eigenvalue weighted by Crippen LogP contribution is -2.11. The van der Waals surface area contributed by atoms with Crippen LogP contribution in [-0.2, 0) is 11.3 Å². The molecule has 0 saturated carbocycles. The number of esters is 1. The van der Waals surface area contributed by atoms with Gasteiger partial charge in [-0.1, -0.05) is 42.5 Å². The highest BCUT2D eigenvalue weighted by Crippen LogP contribution is 2.29. The number of fused-ring (bicyclic) bond motifs is 2. The second-order valence-corrected chi connectivity index (χ2v) is 5.92. The van der Waals surface area contributed by atoms with Crippen LogP contribution in [0.15, 0.2) is 60.7 Å². The van der Waals surface area contributed by atoms with Gasteiger partial charge in [-0.3, -0.25) is 4.57 Å². The van der Waals surface area contributed by atoms with E-state index in [2.05, 4.69) is 4.98 Å². The fourth-order valence-electron chi connectivity index (χ4n) is 3.04. The molecule has 0 radical (unpaired) electrons. The quantitative estimate of drug-likeness (QED) is 0.533. The molecule has 4 aromatic rings. The Kier molecular flexibility index (Phi) is 4.19. The van der Waals surface area contributed by atoms with Gasteiger partial charge in [0.25, 0.3) is 0 Å². The number of para-hydroxylation sites is 2. The third-order valence-electron chi connectivity index (χ3n) is 4.32. The van der Waals surface area contributed by atoms with Crippen molar-refractivity contribution in [2.24, 2.45) is 0 Å². The fraction of sp³-hybridized carbons (Fsp3) is 0.100. The number of aromatic hydroxyl groups is 1. The van der Waals surface area contributed by atoms with Crippen molar-refractivity contribution in [1.82, 2.24) is 9.55 Å². The van der Waals surface area contributed by atoms with Crippen LogP contribution >= 0.6 is 0 Å². The van der Waals surface area contributed by atoms with Crippen molar-refractivity contribution < 1.29 is 23.4 Å². The first-order valence-corrected chi connectivity index (χ1v) is 8.18. The number of nitrogens with zero attached hydrogens (tertiary/aromatic N) is 2. The van der Waals surface area contributed by atoms with E-state index < -0.39 is 19.1 Å². The minimum Gasteiger partial charge on any atom is -0.506 e. The average Bonchev–Trinajstić information content (AvgIpc) is 3.05. The lowest BCUT2D eigenvalue weighted by molar-refractivity contribution is 0.0385. The number of carbonyl (C=O) groups excluding carboxylic acids is 1. The second kappa shape index (κ2) is 6.68. The van der Waals surface area contributed by atoms with Crippen LogP contribution in [-0.4, -0.2) is 20.6 Å². The molecule has 1 aromatic heterocycles. The summed E-state index contributed by atoms with van der Waals surface area (Å²) < 4.78 is 32.7. The summed E-state index contributed by atoms with van der Waals surface area (Å²) in [5, 5.41) is 11.6. The summed E-state index contributed by atoms with van der Waals surface area (Å²) in [7, 11) is 0. The number of ether oxygens (including phenoxy) is 1. The Labute approximate surface area is 152 Å². The molecule has 1 heterocycles. The first-order chi connectivity index (χ1) is 13.1. The van der Waals surface area contributed by atoms with Crippen LogP contribution in [0.1, 0.15) is 22.7 Å². The molecule has 0 saturated heterocycles. The molecule has 0 amide bonds. The molecular weight excluding hydrogens is 354 g/mol. The SMILES string of the molecule is O=C(OCc1nc2ccccc2n1C(F)F)c1ccc2ccccc2c1O. The maximum atomic E-state index is 13.4. The van der Waals surface area contributed by atoms with Crippen molar-refractivity contribution in [2.75, 3.05) is 0 Å². The normalized spacial score (nSPS) is 11.4. The molecule has 0 spiro atoms. The molecule has 5 nitrogen and oxygen atoms in total. The van der Waals surface area contributed by atoms with Gasteiger partial charge in [-0.05, 0) is 23.6 Å². The Bertz CT molecular complexity index is 1150. The van der Waals surface area contributed by atoms with E-state index in [9.17, 15) is 18.7 Å². The number of rotatable bonds is 4. The molecule has 1 N–H and O–H groups in total. The van der Waals surface area contributed by atoms with Crippen molar-refractivity contribution in [2.45, 2.75) is 13.2 Å². The van der Waals surface area contributed by atoms with E-state index in [0.29, 0.717) is 10.9 Å². The number of carbonyl (C=O) groups is 1. The molecule has 0 fully saturated rings. The zero-order chi connectivity index (χ0) is 19.0. The number of alkyl halides is 2. The predicted molar refractivity (Wildman–Crippen MR) is 95.7 cm³/mol. The van der Waals surface area contributed by atoms with Crippen LogP contribution in [0, 0.1) is 0 Å². The highest BCUT2D eigenvalue weighted by atomic mass is 19.3. The summed E-state index contributed by atoms with van der Waals surface area (Å²) in [6.45, 7) is -3.26. The number of phenols is 1. The molecular formula is C20H14F2N2O3. The second-order valence-electron chi connectivity index (χ2n) is 5.92. The van der Waals surface area contributed by atoms with Crippen molar-refractivity contribution >= 4 is 27.8 Å². The Balaban J connectivity index is 1.63. The lowest BCUT2D eigenvalue weighted by atomic mass is 10.1. The zero-order valence-electron chi connectivity index (χ0n) is 14.0. The third-order valence-corrected chi connectivity index (χ3v) is 4.32. The summed E-state index contributed by atoms with van der Waals surface area (Å²) in [6.07, 6.45) is 0. The van der Waals surface area contributed by atoms with Crippen LogP contribution in [0.5, 0.6) is 5.75 Å². The predicted octanol–water partition coefficient (Wildman–Crippen LogP) is 4.65. The number of hydrogen-bond donors (Lipinski definition) is 1. The Morgan fingerprint density at radius 1 is 1.07 bits per heavy atom. The van der Waals surface area contributed by atoms with E-state index >= 15 is 0 Å². The Hall–Kier alpha value is -3.48. The van der Waals surface area contributed by atoms with Crippen molar-refractivity contribution in [3.05, 3.63) is 72.1 Å². The molecule has 0 unspecified atom stereocenters. The van der Waals surface area contributed by atoms with Gasteiger partial charge >= 0.3 is 12.5 Å². The van der Waals surface area contributed by atoms with Gasteiger partial charge in [0.05, 0.1) is 11.0 Å². The van der Waals surface area contributed by atoms with Crippen molar-refractivity contribution in [3.63, 3.8) is 0 Å². The van der Waals surface area contributed by atoms with E-state index in [4.69, 9.17) is 4.74 Å². The van der Waals surface area contributed by atoms with Crippen molar-refractivity contribution in [1.29, 1.82) is 0 Å². The molecule has 3 aromatic carbocycles. The van der Waals surface area contributed by atoms with Gasteiger partial charge in [0.2, 0.25) is 0 Å². The highest BCUT2D eigenvalue weighted by Gasteiger charge is 2.20. The van der Waals surface area contributed by atoms with Crippen molar-refractivity contribution in [3.8, 4) is 5.75 Å². The third kappa shape index (κ3) is 2.97. The van der Waals surface area contributed by atoms with E-state index in [-0.39, 0.29) is 22.7 Å². The monoisotopic (exact) mass is 368 g/mol. The average molecular weight is 368 g/mol. The minimum absolute atomic E-state index is 0.0339. The standard InChI is InChI=1S/C20H14F2N2O3/c21-20(22)24-16-8-4-3-7-15(16)23-17(24)11-27-19(26)14-10-9-12-5-1-2-6-13(12)18(14)25/h1-10,20,25H,11H2. The molecule has 4 rings (SSSR count). The number of benzene rings is 3. The summed E-state index contributed by atoms with van der Waals surface area (Å²) in [4.78, 5) is 16.5. The van der Waals surface area contributed by atoms with E-state index in [1.165, 1.54) is 12.1 Å². The van der Waals surface area contributed by atoms with Gasteiger partial charge < -0.3 is 9.84 Å². The van der Waals surface area contributed by atoms with Crippen LogP contribution in [0.4, 0.5) is 8.78 Å². The molecule has 0 aliphatic carbocycles. The first kappa shape index (κ1) is 17.0. The van der Waals surface area contributed by atoms with E-state index in [1.807, 2.05) is 6.07 Å². The number of phenolic OH excluding ortho intramolecular Hbond substituents is 1. The number of aromatic nitrogens is 2. The van der Waals surface area contributed by atoms with Gasteiger partial charge in [0.15, 0.2) is 5.82 Å². The molecule has 0 aliphatic heterocycles. The zero-order valence-corrected chi connectivity index (χ0v) is 14.0. The Morgan fingerprint density at radius 2 is 1.81 bits per heavy atom. The van der Waals surface area contributed by atoms with Gasteiger partial charge in [-0.2, -0.15) is 8.78 Å². The van der Waals surface area contributed by atoms with Gasteiger partial charge in [-0.25, -0.2) is 9.78 Å². The van der Waals surface area contributed by atoms with Crippen LogP contribution in [0.2, 0.25) is 0 Å². The molecule has 0 atom stereocenters. The smallest absolute Gasteiger partial charge is 0.342 e. The molecule has 27 heavy (non-hydrogen) atoms. The summed E-state index contributed by atoms with van der Waals surface area (Å²) >= 11 is 0. The summed E-state index contributed by atoms with van der Waals surface area (Å²) in [6, 6.07) is 16.6. The molecule has 0 bridgehead atoms. The molecule has 136 valence electrons. The minimum atomic E-state index is -2.82. The number of hydrogen-bond acceptors (Lipinski definition) is 4. The molecule has 7 heteroatoms. The Morgan fingerprint density at radius 3 is 2.63 bits per heavy atom. The van der Waals surface area contributed by atoms with Crippen LogP contribution in [0.25, 0.3) is 21.8 Å². The van der Waals surface area contributed by atoms with E-state index in [0.717, 1.165) is 9.95 Å². The summed E-state index contributed by atoms with van der Waals surface area (Å²) in [5.74, 6) is -1.09. The first-order valence-electron chi connectivity index (χ1n) is 8.18. The maximum absolute atomic E-state index is 13.4. The van der Waals surface area contributed by atoms with Gasteiger partial charge in [0, 0.05) is 5.39 Å². The number of halogens is 2. The van der Waals surface area contributed by atoms with Crippen LogP contribution in [0.3, 0.4) is 0 Å². The number of imidazole rings is 1.